The van der Waals surface area contributed by atoms with E-state index >= 15 is 0 Å². The molecular formula is C15H18N3O5+. The minimum atomic E-state index is -0.337. The maximum atomic E-state index is 11.2. The summed E-state index contributed by atoms with van der Waals surface area (Å²) in [5.41, 5.74) is 1.16. The molecule has 23 heavy (non-hydrogen) atoms. The van der Waals surface area contributed by atoms with Gasteiger partial charge in [-0.05, 0) is 22.4 Å². The van der Waals surface area contributed by atoms with E-state index in [9.17, 15) is 9.59 Å². The van der Waals surface area contributed by atoms with Gasteiger partial charge in [0.15, 0.2) is 18.0 Å². The highest BCUT2D eigenvalue weighted by Gasteiger charge is 2.24. The van der Waals surface area contributed by atoms with Gasteiger partial charge in [0.25, 0.3) is 0 Å². The van der Waals surface area contributed by atoms with Crippen molar-refractivity contribution in [1.29, 1.82) is 0 Å². The van der Waals surface area contributed by atoms with Crippen LogP contribution in [0.1, 0.15) is 23.0 Å². The second-order valence-electron chi connectivity index (χ2n) is 4.75. The van der Waals surface area contributed by atoms with Crippen molar-refractivity contribution < 1.29 is 28.3 Å². The molecule has 2 rings (SSSR count). The zero-order valence-electron chi connectivity index (χ0n) is 13.2. The fourth-order valence-electron chi connectivity index (χ4n) is 2.09. The quantitative estimate of drug-likeness (QED) is 0.604. The molecule has 1 amide bonds. The summed E-state index contributed by atoms with van der Waals surface area (Å²) in [5.74, 6) is 0.979. The molecule has 1 N–H and O–H groups in total. The first-order chi connectivity index (χ1) is 11.1. The molecular weight excluding hydrogens is 302 g/mol. The average molecular weight is 320 g/mol. The minimum absolute atomic E-state index is 0.0415. The van der Waals surface area contributed by atoms with Gasteiger partial charge in [-0.25, -0.2) is 0 Å². The molecule has 0 saturated heterocycles. The van der Waals surface area contributed by atoms with Gasteiger partial charge in [0.1, 0.15) is 0 Å². The van der Waals surface area contributed by atoms with Crippen LogP contribution in [0.2, 0.25) is 0 Å². The maximum Gasteiger partial charge on any atom is 0.337 e. The summed E-state index contributed by atoms with van der Waals surface area (Å²) < 4.78 is 16.8. The average Bonchev–Trinajstić information content (AvgIpc) is 2.93. The van der Waals surface area contributed by atoms with Crippen LogP contribution in [0.4, 0.5) is 5.88 Å². The molecule has 0 unspecified atom stereocenters. The number of hydrogen-bond acceptors (Lipinski definition) is 6. The number of hydrogen-bond donors (Lipinski definition) is 1. The number of rotatable bonds is 7. The predicted molar refractivity (Wildman–Crippen MR) is 79.6 cm³/mol. The van der Waals surface area contributed by atoms with Gasteiger partial charge in [-0.2, -0.15) is 0 Å². The van der Waals surface area contributed by atoms with E-state index < -0.39 is 0 Å². The van der Waals surface area contributed by atoms with E-state index in [2.05, 4.69) is 10.6 Å². The summed E-state index contributed by atoms with van der Waals surface area (Å²) >= 11 is 0. The van der Waals surface area contributed by atoms with Crippen LogP contribution >= 0.6 is 0 Å². The van der Waals surface area contributed by atoms with Crippen LogP contribution in [0.3, 0.4) is 0 Å². The second-order valence-corrected chi connectivity index (χ2v) is 4.75. The highest BCUT2D eigenvalue weighted by atomic mass is 16.5. The molecule has 1 aromatic heterocycles. The van der Waals surface area contributed by atoms with Gasteiger partial charge < -0.3 is 9.47 Å². The predicted octanol–water partition coefficient (Wildman–Crippen LogP) is 0.993. The standard InChI is InChI=1S/C15H17N3O5/c1-10(20)16-15-12(9-19)18(17-23-15)7-6-11-4-5-13(21-2)14(8-11)22-3/h4-5,8-9H,6-7H2,1-3H3/p+1. The van der Waals surface area contributed by atoms with E-state index in [4.69, 9.17) is 14.0 Å². The molecule has 1 aromatic carbocycles. The van der Waals surface area contributed by atoms with Gasteiger partial charge in [0.05, 0.1) is 14.2 Å². The Morgan fingerprint density at radius 3 is 2.70 bits per heavy atom. The van der Waals surface area contributed by atoms with E-state index in [0.29, 0.717) is 30.8 Å². The number of amides is 1. The van der Waals surface area contributed by atoms with Gasteiger partial charge in [-0.1, -0.05) is 6.07 Å². The zero-order chi connectivity index (χ0) is 16.8. The first kappa shape index (κ1) is 16.5. The minimum Gasteiger partial charge on any atom is -0.493 e. The van der Waals surface area contributed by atoms with Crippen LogP contribution in [-0.4, -0.2) is 31.7 Å². The number of ether oxygens (including phenoxy) is 2. The van der Waals surface area contributed by atoms with Crippen LogP contribution in [0, 0.1) is 0 Å². The molecule has 0 atom stereocenters. The number of methoxy groups -OCH3 is 2. The van der Waals surface area contributed by atoms with Crippen LogP contribution < -0.4 is 19.5 Å². The highest BCUT2D eigenvalue weighted by molar-refractivity contribution is 5.91. The summed E-state index contributed by atoms with van der Waals surface area (Å²) in [6.07, 6.45) is 1.19. The van der Waals surface area contributed by atoms with Gasteiger partial charge in [-0.15, -0.1) is 0 Å². The Morgan fingerprint density at radius 1 is 1.35 bits per heavy atom. The lowest BCUT2D eigenvalue weighted by atomic mass is 10.1. The summed E-state index contributed by atoms with van der Waals surface area (Å²) in [6.45, 7) is 1.73. The van der Waals surface area contributed by atoms with E-state index in [1.165, 1.54) is 11.6 Å². The molecule has 1 heterocycles. The number of aromatic nitrogens is 2. The van der Waals surface area contributed by atoms with E-state index in [1.807, 2.05) is 18.2 Å². The molecule has 0 aliphatic carbocycles. The lowest BCUT2D eigenvalue weighted by Crippen LogP contribution is -2.40. The lowest BCUT2D eigenvalue weighted by Gasteiger charge is -2.08. The van der Waals surface area contributed by atoms with Crippen molar-refractivity contribution in [1.82, 2.24) is 5.27 Å². The van der Waals surface area contributed by atoms with Crippen molar-refractivity contribution in [3.8, 4) is 11.5 Å². The first-order valence-corrected chi connectivity index (χ1v) is 6.92. The first-order valence-electron chi connectivity index (χ1n) is 6.92. The largest absolute Gasteiger partial charge is 0.493 e. The molecule has 0 spiro atoms. The molecule has 2 aromatic rings. The molecule has 8 nitrogen and oxygen atoms in total. The van der Waals surface area contributed by atoms with Crippen molar-refractivity contribution in [2.24, 2.45) is 0 Å². The maximum absolute atomic E-state index is 11.2. The number of aldehydes is 1. The number of anilines is 1. The van der Waals surface area contributed by atoms with Crippen LogP contribution in [0.5, 0.6) is 11.5 Å². The second kappa shape index (κ2) is 7.39. The monoisotopic (exact) mass is 320 g/mol. The Bertz CT molecular complexity index is 711. The van der Waals surface area contributed by atoms with Crippen molar-refractivity contribution in [2.45, 2.75) is 19.9 Å². The molecule has 0 fully saturated rings. The van der Waals surface area contributed by atoms with Crippen LogP contribution in [0.15, 0.2) is 22.7 Å². The zero-order valence-corrected chi connectivity index (χ0v) is 13.2. The van der Waals surface area contributed by atoms with Crippen molar-refractivity contribution in [2.75, 3.05) is 19.5 Å². The third-order valence-electron chi connectivity index (χ3n) is 3.20. The molecule has 122 valence electrons. The Balaban J connectivity index is 2.13. The summed E-state index contributed by atoms with van der Waals surface area (Å²) in [4.78, 5) is 22.2. The number of benzene rings is 1. The number of nitrogens with one attached hydrogen (secondary N) is 1. The van der Waals surface area contributed by atoms with Gasteiger partial charge in [-0.3, -0.25) is 19.4 Å². The molecule has 0 aliphatic heterocycles. The smallest absolute Gasteiger partial charge is 0.337 e. The molecule has 8 heteroatoms. The fraction of sp³-hybridized carbons (Fsp3) is 0.333. The third-order valence-corrected chi connectivity index (χ3v) is 3.20. The number of carbonyl (C=O) groups excluding carboxylic acids is 2. The molecule has 0 saturated carbocycles. The van der Waals surface area contributed by atoms with Crippen molar-refractivity contribution in [3.63, 3.8) is 0 Å². The number of aryl methyl sites for hydroxylation is 2. The summed E-state index contributed by atoms with van der Waals surface area (Å²) in [7, 11) is 3.14. The van der Waals surface area contributed by atoms with Crippen molar-refractivity contribution >= 4 is 18.1 Å². The van der Waals surface area contributed by atoms with Gasteiger partial charge in [0.2, 0.25) is 17.5 Å². The molecule has 0 aliphatic rings. The normalized spacial score (nSPS) is 10.2. The highest BCUT2D eigenvalue weighted by Crippen LogP contribution is 2.27. The van der Waals surface area contributed by atoms with Crippen LogP contribution in [-0.2, 0) is 17.8 Å². The topological polar surface area (TPSA) is 94.5 Å². The Hall–Kier alpha value is -2.90. The van der Waals surface area contributed by atoms with Crippen molar-refractivity contribution in [3.05, 3.63) is 29.5 Å². The number of carbonyl (C=O) groups is 2. The Kier molecular flexibility index (Phi) is 5.29. The fourth-order valence-corrected chi connectivity index (χ4v) is 2.09. The summed E-state index contributed by atoms with van der Waals surface area (Å²) in [5, 5.41) is 6.19. The van der Waals surface area contributed by atoms with Crippen LogP contribution in [0.25, 0.3) is 0 Å². The Morgan fingerprint density at radius 2 is 2.09 bits per heavy atom. The summed E-state index contributed by atoms with van der Waals surface area (Å²) in [6, 6.07) is 5.57. The SMILES string of the molecule is COc1ccc(CC[n+]2noc(NC(C)=O)c2C=O)cc1OC. The van der Waals surface area contributed by atoms with Gasteiger partial charge >= 0.3 is 11.6 Å². The number of nitrogens with zero attached hydrogens (tertiary/aromatic N) is 2. The third kappa shape index (κ3) is 3.85. The van der Waals surface area contributed by atoms with E-state index in [-0.39, 0.29) is 17.5 Å². The Labute approximate surface area is 133 Å². The van der Waals surface area contributed by atoms with E-state index in [1.54, 1.807) is 14.2 Å². The van der Waals surface area contributed by atoms with E-state index in [0.717, 1.165) is 5.56 Å². The molecule has 0 radical (unpaired) electrons. The lowest BCUT2D eigenvalue weighted by molar-refractivity contribution is -0.762. The molecule has 0 bridgehead atoms. The van der Waals surface area contributed by atoms with Gasteiger partial charge in [0, 0.05) is 13.3 Å².